The van der Waals surface area contributed by atoms with E-state index >= 15 is 0 Å². The fraction of sp³-hybridized carbons (Fsp3) is 0.500. The molecule has 1 aromatic heterocycles. The Labute approximate surface area is 111 Å². The maximum absolute atomic E-state index is 4.40. The van der Waals surface area contributed by atoms with Crippen molar-refractivity contribution in [1.29, 1.82) is 0 Å². The Kier molecular flexibility index (Phi) is 3.05. The number of aryl methyl sites for hydroxylation is 1. The van der Waals surface area contributed by atoms with Gasteiger partial charge in [-0.15, -0.1) is 0 Å². The highest BCUT2D eigenvalue weighted by Gasteiger charge is 2.29. The van der Waals surface area contributed by atoms with E-state index in [-0.39, 0.29) is 0 Å². The van der Waals surface area contributed by atoms with Crippen LogP contribution in [0.1, 0.15) is 30.4 Å². The number of rotatable bonds is 1. The first-order valence-corrected chi connectivity index (χ1v) is 7.10. The second-order valence-corrected chi connectivity index (χ2v) is 5.85. The van der Waals surface area contributed by atoms with Crippen molar-refractivity contribution in [3.8, 4) is 0 Å². The summed E-state index contributed by atoms with van der Waals surface area (Å²) in [5.41, 5.74) is 3.98. The molecule has 0 amide bonds. The molecule has 1 aliphatic carbocycles. The van der Waals surface area contributed by atoms with Gasteiger partial charge in [-0.1, -0.05) is 6.08 Å². The van der Waals surface area contributed by atoms with E-state index in [1.54, 1.807) is 0 Å². The number of hydrogen-bond acceptors (Lipinski definition) is 2. The van der Waals surface area contributed by atoms with Gasteiger partial charge in [0.05, 0.1) is 0 Å². The zero-order valence-electron chi connectivity index (χ0n) is 10.0. The lowest BCUT2D eigenvalue weighted by Gasteiger charge is -2.25. The molecule has 2 atom stereocenters. The molecule has 1 aromatic rings. The van der Waals surface area contributed by atoms with Gasteiger partial charge in [0.1, 0.15) is 4.60 Å². The first-order valence-electron chi connectivity index (χ1n) is 6.30. The molecular weight excluding hydrogens is 276 g/mol. The van der Waals surface area contributed by atoms with Crippen molar-refractivity contribution in [2.45, 2.75) is 32.2 Å². The highest BCUT2D eigenvalue weighted by molar-refractivity contribution is 9.10. The third kappa shape index (κ3) is 2.18. The van der Waals surface area contributed by atoms with E-state index in [4.69, 9.17) is 0 Å². The van der Waals surface area contributed by atoms with Gasteiger partial charge in [-0.05, 0) is 77.3 Å². The highest BCUT2D eigenvalue weighted by atomic mass is 79.9. The van der Waals surface area contributed by atoms with Crippen molar-refractivity contribution in [2.75, 3.05) is 6.54 Å². The number of nitrogens with one attached hydrogen (secondary N) is 1. The van der Waals surface area contributed by atoms with Gasteiger partial charge < -0.3 is 5.32 Å². The Morgan fingerprint density at radius 1 is 1.47 bits per heavy atom. The molecule has 0 spiro atoms. The van der Waals surface area contributed by atoms with Gasteiger partial charge in [0.15, 0.2) is 0 Å². The lowest BCUT2D eigenvalue weighted by molar-refractivity contribution is 0.348. The molecule has 3 rings (SSSR count). The number of hydrogen-bond donors (Lipinski definition) is 1. The maximum Gasteiger partial charge on any atom is 0.109 e. The smallest absolute Gasteiger partial charge is 0.109 e. The summed E-state index contributed by atoms with van der Waals surface area (Å²) in [6, 6.07) is 2.91. The summed E-state index contributed by atoms with van der Waals surface area (Å²) in [6.07, 6.45) is 8.25. The van der Waals surface area contributed by atoms with Gasteiger partial charge >= 0.3 is 0 Å². The normalized spacial score (nSPS) is 27.8. The van der Waals surface area contributed by atoms with Crippen LogP contribution in [0.25, 0.3) is 5.57 Å². The monoisotopic (exact) mass is 292 g/mol. The molecule has 17 heavy (non-hydrogen) atoms. The number of aromatic nitrogens is 1. The lowest BCUT2D eigenvalue weighted by atomic mass is 9.94. The predicted molar refractivity (Wildman–Crippen MR) is 73.8 cm³/mol. The summed E-state index contributed by atoms with van der Waals surface area (Å²) in [5, 5.41) is 3.63. The third-order valence-corrected chi connectivity index (χ3v) is 4.71. The highest BCUT2D eigenvalue weighted by Crippen LogP contribution is 2.36. The summed E-state index contributed by atoms with van der Waals surface area (Å²) in [5.74, 6) is 0.739. The van der Waals surface area contributed by atoms with Gasteiger partial charge in [0.25, 0.3) is 0 Å². The van der Waals surface area contributed by atoms with Crippen LogP contribution < -0.4 is 5.32 Å². The van der Waals surface area contributed by atoms with Gasteiger partial charge in [-0.25, -0.2) is 4.98 Å². The number of fused-ring (bicyclic) bond motifs is 1. The van der Waals surface area contributed by atoms with Crippen LogP contribution in [0.15, 0.2) is 22.9 Å². The predicted octanol–water partition coefficient (Wildman–Crippen LogP) is 3.31. The van der Waals surface area contributed by atoms with E-state index in [2.05, 4.69) is 45.3 Å². The summed E-state index contributed by atoms with van der Waals surface area (Å²) >= 11 is 3.46. The van der Waals surface area contributed by atoms with Crippen molar-refractivity contribution < 1.29 is 0 Å². The molecule has 90 valence electrons. The van der Waals surface area contributed by atoms with Crippen molar-refractivity contribution in [1.82, 2.24) is 10.3 Å². The zero-order chi connectivity index (χ0) is 11.8. The molecule has 0 bridgehead atoms. The summed E-state index contributed by atoms with van der Waals surface area (Å²) in [6.45, 7) is 3.28. The van der Waals surface area contributed by atoms with Crippen molar-refractivity contribution >= 4 is 21.5 Å². The molecule has 0 unspecified atom stereocenters. The second kappa shape index (κ2) is 4.54. The first-order chi connectivity index (χ1) is 8.24. The Morgan fingerprint density at radius 2 is 2.35 bits per heavy atom. The SMILES string of the molecule is Cc1cc(C2=C[C@H]3CCCN[C@H]3C2)cnc1Br. The van der Waals surface area contributed by atoms with Crippen LogP contribution in [-0.4, -0.2) is 17.6 Å². The average Bonchev–Trinajstić information content (AvgIpc) is 2.76. The minimum absolute atomic E-state index is 0.669. The van der Waals surface area contributed by atoms with Crippen LogP contribution in [0.4, 0.5) is 0 Å². The number of halogens is 1. The van der Waals surface area contributed by atoms with Crippen molar-refractivity contribution in [3.05, 3.63) is 34.1 Å². The van der Waals surface area contributed by atoms with Gasteiger partial charge in [0.2, 0.25) is 0 Å². The fourth-order valence-corrected chi connectivity index (χ4v) is 3.13. The van der Waals surface area contributed by atoms with Gasteiger partial charge in [0, 0.05) is 12.2 Å². The molecule has 2 aliphatic rings. The number of pyridine rings is 1. The average molecular weight is 293 g/mol. The number of piperidine rings is 1. The second-order valence-electron chi connectivity index (χ2n) is 5.09. The first kappa shape index (κ1) is 11.4. The molecule has 1 aliphatic heterocycles. The third-order valence-electron chi connectivity index (χ3n) is 3.88. The quantitative estimate of drug-likeness (QED) is 0.804. The minimum Gasteiger partial charge on any atom is -0.313 e. The molecule has 3 heteroatoms. The van der Waals surface area contributed by atoms with Crippen LogP contribution in [0.3, 0.4) is 0 Å². The molecular formula is C14H17BrN2. The van der Waals surface area contributed by atoms with Crippen LogP contribution >= 0.6 is 15.9 Å². The van der Waals surface area contributed by atoms with Crippen LogP contribution in [0.5, 0.6) is 0 Å². The lowest BCUT2D eigenvalue weighted by Crippen LogP contribution is -2.37. The Morgan fingerprint density at radius 3 is 3.12 bits per heavy atom. The van der Waals surface area contributed by atoms with Crippen molar-refractivity contribution in [2.24, 2.45) is 5.92 Å². The van der Waals surface area contributed by atoms with Gasteiger partial charge in [-0.3, -0.25) is 0 Å². The minimum atomic E-state index is 0.669. The molecule has 1 N–H and O–H groups in total. The van der Waals surface area contributed by atoms with E-state index in [1.807, 2.05) is 6.20 Å². The summed E-state index contributed by atoms with van der Waals surface area (Å²) in [7, 11) is 0. The fourth-order valence-electron chi connectivity index (χ4n) is 2.91. The standard InChI is InChI=1S/C14H17BrN2/c1-9-5-12(8-17-14(9)15)11-6-10-3-2-4-16-13(10)7-11/h5-6,8,10,13,16H,2-4,7H2,1H3/t10-,13+/m1/s1. The largest absolute Gasteiger partial charge is 0.313 e. The Hall–Kier alpha value is -0.670. The Balaban J connectivity index is 1.87. The van der Waals surface area contributed by atoms with E-state index in [1.165, 1.54) is 36.1 Å². The topological polar surface area (TPSA) is 24.9 Å². The Bertz CT molecular complexity index is 467. The maximum atomic E-state index is 4.40. The van der Waals surface area contributed by atoms with E-state index < -0.39 is 0 Å². The summed E-state index contributed by atoms with van der Waals surface area (Å²) < 4.78 is 0.954. The van der Waals surface area contributed by atoms with E-state index in [0.29, 0.717) is 6.04 Å². The van der Waals surface area contributed by atoms with Crippen molar-refractivity contribution in [3.63, 3.8) is 0 Å². The molecule has 0 aromatic carbocycles. The molecule has 0 saturated carbocycles. The molecule has 0 radical (unpaired) electrons. The van der Waals surface area contributed by atoms with E-state index in [9.17, 15) is 0 Å². The zero-order valence-corrected chi connectivity index (χ0v) is 11.6. The molecule has 2 nitrogen and oxygen atoms in total. The van der Waals surface area contributed by atoms with Gasteiger partial charge in [-0.2, -0.15) is 0 Å². The van der Waals surface area contributed by atoms with E-state index in [0.717, 1.165) is 16.9 Å². The summed E-state index contributed by atoms with van der Waals surface area (Å²) in [4.78, 5) is 4.40. The molecule has 1 saturated heterocycles. The van der Waals surface area contributed by atoms with Crippen LogP contribution in [0, 0.1) is 12.8 Å². The van der Waals surface area contributed by atoms with Crippen LogP contribution in [-0.2, 0) is 0 Å². The number of nitrogens with zero attached hydrogens (tertiary/aromatic N) is 1. The molecule has 1 fully saturated rings. The molecule has 2 heterocycles. The van der Waals surface area contributed by atoms with Crippen LogP contribution in [0.2, 0.25) is 0 Å².